The van der Waals surface area contributed by atoms with E-state index in [1.54, 1.807) is 0 Å². The van der Waals surface area contributed by atoms with Crippen LogP contribution in [0.5, 0.6) is 5.75 Å². The van der Waals surface area contributed by atoms with Gasteiger partial charge in [-0.25, -0.2) is 0 Å². The molecule has 1 aliphatic rings. The lowest BCUT2D eigenvalue weighted by atomic mass is 10.0. The summed E-state index contributed by atoms with van der Waals surface area (Å²) in [4.78, 5) is 14.9. The molecule has 17 heavy (non-hydrogen) atoms. The second kappa shape index (κ2) is 3.13. The van der Waals surface area contributed by atoms with Gasteiger partial charge in [0.05, 0.1) is 11.1 Å². The molecule has 0 unspecified atom stereocenters. The minimum atomic E-state index is -0.284. The van der Waals surface area contributed by atoms with Crippen LogP contribution < -0.4 is 10.3 Å². The lowest BCUT2D eigenvalue weighted by molar-refractivity contribution is 0.140. The van der Waals surface area contributed by atoms with Crippen molar-refractivity contribution in [2.24, 2.45) is 0 Å². The SMILES string of the molecule is Cc1ccc2[nH]c(=O)c3c(c2c1)OC(C)(C)C3. The van der Waals surface area contributed by atoms with E-state index < -0.39 is 0 Å². The van der Waals surface area contributed by atoms with Gasteiger partial charge in [0, 0.05) is 11.8 Å². The van der Waals surface area contributed by atoms with E-state index in [1.807, 2.05) is 32.9 Å². The van der Waals surface area contributed by atoms with Crippen molar-refractivity contribution in [1.29, 1.82) is 0 Å². The molecule has 1 aromatic heterocycles. The summed E-state index contributed by atoms with van der Waals surface area (Å²) in [5.41, 5.74) is 2.47. The summed E-state index contributed by atoms with van der Waals surface area (Å²) in [6.45, 7) is 6.05. The number of fused-ring (bicyclic) bond motifs is 3. The maximum atomic E-state index is 12.0. The van der Waals surface area contributed by atoms with Crippen molar-refractivity contribution in [2.45, 2.75) is 32.8 Å². The van der Waals surface area contributed by atoms with Gasteiger partial charge in [-0.15, -0.1) is 0 Å². The Hall–Kier alpha value is -1.77. The molecule has 1 aliphatic heterocycles. The largest absolute Gasteiger partial charge is 0.486 e. The number of pyridine rings is 1. The predicted octanol–water partition coefficient (Wildman–Crippen LogP) is 2.55. The second-order valence-corrected chi connectivity index (χ2v) is 5.35. The summed E-state index contributed by atoms with van der Waals surface area (Å²) >= 11 is 0. The summed E-state index contributed by atoms with van der Waals surface area (Å²) in [7, 11) is 0. The first kappa shape index (κ1) is 10.4. The quantitative estimate of drug-likeness (QED) is 0.754. The first-order valence-electron chi connectivity index (χ1n) is 5.81. The van der Waals surface area contributed by atoms with E-state index in [2.05, 4.69) is 11.1 Å². The van der Waals surface area contributed by atoms with Gasteiger partial charge in [-0.1, -0.05) is 11.6 Å². The average molecular weight is 229 g/mol. The topological polar surface area (TPSA) is 42.1 Å². The molecule has 3 rings (SSSR count). The second-order valence-electron chi connectivity index (χ2n) is 5.35. The van der Waals surface area contributed by atoms with Crippen LogP contribution >= 0.6 is 0 Å². The molecule has 88 valence electrons. The molecule has 1 N–H and O–H groups in total. The van der Waals surface area contributed by atoms with Gasteiger partial charge < -0.3 is 9.72 Å². The van der Waals surface area contributed by atoms with Crippen molar-refractivity contribution in [3.05, 3.63) is 39.7 Å². The van der Waals surface area contributed by atoms with Gasteiger partial charge in [-0.05, 0) is 32.9 Å². The minimum Gasteiger partial charge on any atom is -0.486 e. The molecule has 1 aromatic carbocycles. The van der Waals surface area contributed by atoms with Gasteiger partial charge in [0.2, 0.25) is 0 Å². The molecule has 0 radical (unpaired) electrons. The molecule has 2 aromatic rings. The fraction of sp³-hybridized carbons (Fsp3) is 0.357. The fourth-order valence-corrected chi connectivity index (χ4v) is 2.43. The van der Waals surface area contributed by atoms with Crippen molar-refractivity contribution in [1.82, 2.24) is 4.98 Å². The number of benzene rings is 1. The van der Waals surface area contributed by atoms with E-state index in [-0.39, 0.29) is 11.2 Å². The van der Waals surface area contributed by atoms with Crippen molar-refractivity contribution >= 4 is 10.9 Å². The smallest absolute Gasteiger partial charge is 0.255 e. The van der Waals surface area contributed by atoms with E-state index in [0.29, 0.717) is 6.42 Å². The number of nitrogens with one attached hydrogen (secondary N) is 1. The number of aryl methyl sites for hydroxylation is 1. The molecule has 0 bridgehead atoms. The third kappa shape index (κ3) is 1.54. The zero-order valence-corrected chi connectivity index (χ0v) is 10.3. The zero-order valence-electron chi connectivity index (χ0n) is 10.3. The van der Waals surface area contributed by atoms with Gasteiger partial charge in [-0.3, -0.25) is 4.79 Å². The Balaban J connectivity index is 2.40. The molecule has 2 heterocycles. The summed E-state index contributed by atoms with van der Waals surface area (Å²) in [6.07, 6.45) is 0.668. The minimum absolute atomic E-state index is 0.0260. The monoisotopic (exact) mass is 229 g/mol. The van der Waals surface area contributed by atoms with Gasteiger partial charge in [-0.2, -0.15) is 0 Å². The van der Waals surface area contributed by atoms with Crippen LogP contribution in [0.15, 0.2) is 23.0 Å². The number of aromatic amines is 1. The van der Waals surface area contributed by atoms with Gasteiger partial charge in [0.25, 0.3) is 5.56 Å². The van der Waals surface area contributed by atoms with Crippen molar-refractivity contribution in [3.8, 4) is 5.75 Å². The highest BCUT2D eigenvalue weighted by Gasteiger charge is 2.33. The van der Waals surface area contributed by atoms with E-state index in [1.165, 1.54) is 5.56 Å². The lowest BCUT2D eigenvalue weighted by Gasteiger charge is -2.17. The van der Waals surface area contributed by atoms with Crippen LogP contribution in [-0.4, -0.2) is 10.6 Å². The summed E-state index contributed by atoms with van der Waals surface area (Å²) < 4.78 is 5.92. The van der Waals surface area contributed by atoms with Gasteiger partial charge >= 0.3 is 0 Å². The van der Waals surface area contributed by atoms with Crippen LogP contribution in [0.2, 0.25) is 0 Å². The molecule has 0 saturated carbocycles. The highest BCUT2D eigenvalue weighted by molar-refractivity contribution is 5.87. The van der Waals surface area contributed by atoms with Crippen LogP contribution in [0.1, 0.15) is 25.0 Å². The molecule has 3 heteroatoms. The predicted molar refractivity (Wildman–Crippen MR) is 67.7 cm³/mol. The molecule has 0 spiro atoms. The Morgan fingerprint density at radius 1 is 1.35 bits per heavy atom. The lowest BCUT2D eigenvalue weighted by Crippen LogP contribution is -2.25. The summed E-state index contributed by atoms with van der Waals surface area (Å²) in [6, 6.07) is 5.98. The normalized spacial score (nSPS) is 16.9. The van der Waals surface area contributed by atoms with Crippen LogP contribution in [0.25, 0.3) is 10.9 Å². The van der Waals surface area contributed by atoms with Crippen molar-refractivity contribution in [3.63, 3.8) is 0 Å². The van der Waals surface area contributed by atoms with Crippen LogP contribution in [-0.2, 0) is 6.42 Å². The summed E-state index contributed by atoms with van der Waals surface area (Å²) in [5, 5.41) is 1.00. The molecule has 3 nitrogen and oxygen atoms in total. The molecule has 0 amide bonds. The third-order valence-corrected chi connectivity index (χ3v) is 3.20. The highest BCUT2D eigenvalue weighted by Crippen LogP contribution is 2.37. The molecule has 0 aliphatic carbocycles. The molecular formula is C14H15NO2. The fourth-order valence-electron chi connectivity index (χ4n) is 2.43. The number of hydrogen-bond donors (Lipinski definition) is 1. The Morgan fingerprint density at radius 2 is 2.12 bits per heavy atom. The first-order chi connectivity index (χ1) is 7.96. The van der Waals surface area contributed by atoms with Gasteiger partial charge in [0.1, 0.15) is 11.4 Å². The van der Waals surface area contributed by atoms with Crippen molar-refractivity contribution < 1.29 is 4.74 Å². The summed E-state index contributed by atoms with van der Waals surface area (Å²) in [5.74, 6) is 0.762. The molecule has 0 saturated heterocycles. The maximum Gasteiger partial charge on any atom is 0.255 e. The van der Waals surface area contributed by atoms with Crippen LogP contribution in [0.4, 0.5) is 0 Å². The van der Waals surface area contributed by atoms with Crippen LogP contribution in [0.3, 0.4) is 0 Å². The van der Waals surface area contributed by atoms with E-state index in [9.17, 15) is 4.79 Å². The van der Waals surface area contributed by atoms with E-state index in [4.69, 9.17) is 4.74 Å². The zero-order chi connectivity index (χ0) is 12.2. The van der Waals surface area contributed by atoms with E-state index in [0.717, 1.165) is 22.2 Å². The molecular weight excluding hydrogens is 214 g/mol. The number of rotatable bonds is 0. The van der Waals surface area contributed by atoms with Gasteiger partial charge in [0.15, 0.2) is 0 Å². The van der Waals surface area contributed by atoms with Crippen LogP contribution in [0, 0.1) is 6.92 Å². The third-order valence-electron chi connectivity index (χ3n) is 3.20. The highest BCUT2D eigenvalue weighted by atomic mass is 16.5. The number of hydrogen-bond acceptors (Lipinski definition) is 2. The standard InChI is InChI=1S/C14H15NO2/c1-8-4-5-11-9(6-8)12-10(13(16)15-11)7-14(2,3)17-12/h4-6H,7H2,1-3H3,(H,15,16). The number of ether oxygens (including phenoxy) is 1. The molecule has 0 atom stereocenters. The molecule has 0 fully saturated rings. The van der Waals surface area contributed by atoms with E-state index >= 15 is 0 Å². The average Bonchev–Trinajstić information content (AvgIpc) is 2.56. The maximum absolute atomic E-state index is 12.0. The number of aromatic nitrogens is 1. The van der Waals surface area contributed by atoms with Crippen molar-refractivity contribution in [2.75, 3.05) is 0 Å². The Bertz CT molecular complexity index is 668. The Morgan fingerprint density at radius 3 is 2.88 bits per heavy atom. The number of H-pyrrole nitrogens is 1. The Labute approximate surface area is 99.4 Å². The first-order valence-corrected chi connectivity index (χ1v) is 5.81. The Kier molecular flexibility index (Phi) is 1.91.